The van der Waals surface area contributed by atoms with Crippen molar-refractivity contribution in [2.45, 2.75) is 150 Å². The number of hydrogen-bond acceptors (Lipinski definition) is 8. The summed E-state index contributed by atoms with van der Waals surface area (Å²) in [4.78, 5) is 40.6. The van der Waals surface area contributed by atoms with Crippen LogP contribution in [0.1, 0.15) is 132 Å². The average molecular weight is 642 g/mol. The summed E-state index contributed by atoms with van der Waals surface area (Å²) < 4.78 is 23.6. The van der Waals surface area contributed by atoms with Gasteiger partial charge in [0.05, 0.1) is 6.04 Å². The number of unbranched alkanes of at least 4 members (excludes halogenated alkanes) is 5. The lowest BCUT2D eigenvalue weighted by Gasteiger charge is -2.45. The molecule has 1 aliphatic rings. The molecule has 0 radical (unpaired) electrons. The topological polar surface area (TPSA) is 125 Å². The number of rotatable bonds is 24. The molecule has 1 saturated carbocycles. The number of ether oxygens (including phenoxy) is 1. The van der Waals surface area contributed by atoms with Gasteiger partial charge in [0.1, 0.15) is 6.10 Å². The van der Waals surface area contributed by atoms with E-state index in [1.807, 2.05) is 20.8 Å². The largest absolute Gasteiger partial charge is 0.500 e. The fraction of sp³-hybridized carbons (Fsp3) is 0.909. The molecule has 11 heteroatoms. The van der Waals surface area contributed by atoms with E-state index >= 15 is 0 Å². The Labute approximate surface area is 268 Å². The molecule has 256 valence electrons. The third-order valence-electron chi connectivity index (χ3n) is 8.24. The molecule has 0 heterocycles. The Morgan fingerprint density at radius 2 is 1.52 bits per heavy atom. The second-order valence-electron chi connectivity index (χ2n) is 13.3. The van der Waals surface area contributed by atoms with Crippen LogP contribution in [0.25, 0.3) is 0 Å². The maximum Gasteiger partial charge on any atom is 0.500 e. The monoisotopic (exact) mass is 641 g/mol. The van der Waals surface area contributed by atoms with Gasteiger partial charge in [-0.15, -0.1) is 0 Å². The molecule has 0 bridgehead atoms. The zero-order valence-electron chi connectivity index (χ0n) is 28.9. The first kappa shape index (κ1) is 40.2. The van der Waals surface area contributed by atoms with E-state index in [9.17, 15) is 14.4 Å². The van der Waals surface area contributed by atoms with Crippen LogP contribution in [-0.2, 0) is 27.6 Å². The van der Waals surface area contributed by atoms with Crippen LogP contribution >= 0.6 is 0 Å². The molecule has 0 spiro atoms. The second kappa shape index (κ2) is 21.9. The van der Waals surface area contributed by atoms with E-state index < -0.39 is 14.9 Å². The Morgan fingerprint density at radius 1 is 0.886 bits per heavy atom. The van der Waals surface area contributed by atoms with Crippen LogP contribution in [0, 0.1) is 10.8 Å². The van der Waals surface area contributed by atoms with E-state index in [-0.39, 0.29) is 35.3 Å². The summed E-state index contributed by atoms with van der Waals surface area (Å²) >= 11 is 0. The van der Waals surface area contributed by atoms with Gasteiger partial charge in [0.15, 0.2) is 0 Å². The molecule has 0 saturated heterocycles. The normalized spacial score (nSPS) is 20.4. The van der Waals surface area contributed by atoms with Gasteiger partial charge >= 0.3 is 14.9 Å². The first-order valence-electron chi connectivity index (χ1n) is 17.2. The number of nitrogens with zero attached hydrogens (tertiary/aromatic N) is 1. The molecule has 3 atom stereocenters. The minimum atomic E-state index is -2.73. The number of aliphatic imine (C=N–C) groups is 1. The third-order valence-corrected chi connectivity index (χ3v) is 11.4. The highest BCUT2D eigenvalue weighted by Crippen LogP contribution is 2.46. The summed E-state index contributed by atoms with van der Waals surface area (Å²) in [5.41, 5.74) is -0.191. The predicted octanol–water partition coefficient (Wildman–Crippen LogP) is 7.09. The SMILES string of the molecule is CCCCCCCCC(CCC(=O)NCCC[Si](OCC)(OCC)OCC)OC(=O)NCC1(C)CC(N=C=O)CC(C)(C)C1. The molecule has 0 aliphatic heterocycles. The summed E-state index contributed by atoms with van der Waals surface area (Å²) in [6, 6.07) is 0.555. The molecule has 0 aromatic carbocycles. The zero-order valence-corrected chi connectivity index (χ0v) is 29.9. The van der Waals surface area contributed by atoms with Crippen molar-refractivity contribution >= 4 is 26.9 Å². The van der Waals surface area contributed by atoms with E-state index in [1.54, 1.807) is 6.08 Å². The summed E-state index contributed by atoms with van der Waals surface area (Å²) in [5, 5.41) is 5.98. The predicted molar refractivity (Wildman–Crippen MR) is 176 cm³/mol. The first-order valence-corrected chi connectivity index (χ1v) is 19.1. The van der Waals surface area contributed by atoms with Gasteiger partial charge in [-0.1, -0.05) is 59.8 Å². The van der Waals surface area contributed by atoms with Crippen molar-refractivity contribution in [2.24, 2.45) is 15.8 Å². The van der Waals surface area contributed by atoms with Crippen LogP contribution in [-0.4, -0.2) is 71.9 Å². The quantitative estimate of drug-likeness (QED) is 0.0499. The fourth-order valence-electron chi connectivity index (χ4n) is 6.69. The molecule has 44 heavy (non-hydrogen) atoms. The fourth-order valence-corrected chi connectivity index (χ4v) is 9.30. The molecule has 3 unspecified atom stereocenters. The number of isocyanates is 1. The van der Waals surface area contributed by atoms with Gasteiger partial charge in [-0.05, 0) is 76.5 Å². The van der Waals surface area contributed by atoms with Gasteiger partial charge in [-0.3, -0.25) is 4.79 Å². The highest BCUT2D eigenvalue weighted by atomic mass is 28.4. The summed E-state index contributed by atoms with van der Waals surface area (Å²) in [5.74, 6) is -0.0582. The van der Waals surface area contributed by atoms with Crippen molar-refractivity contribution in [3.05, 3.63) is 0 Å². The lowest BCUT2D eigenvalue weighted by atomic mass is 9.63. The maximum atomic E-state index is 12.9. The average Bonchev–Trinajstić information content (AvgIpc) is 2.94. The Bertz CT molecular complexity index is 851. The maximum absolute atomic E-state index is 12.9. The van der Waals surface area contributed by atoms with Gasteiger partial charge in [0.2, 0.25) is 12.0 Å². The van der Waals surface area contributed by atoms with Gasteiger partial charge < -0.3 is 28.6 Å². The number of carbonyl (C=O) groups is 2. The van der Waals surface area contributed by atoms with Gasteiger partial charge in [-0.25, -0.2) is 14.6 Å². The molecular formula is C33H63N3O7Si. The summed E-state index contributed by atoms with van der Waals surface area (Å²) in [6.45, 7) is 17.0. The number of carbonyl (C=O) groups excluding carboxylic acids is 3. The van der Waals surface area contributed by atoms with E-state index in [0.29, 0.717) is 51.8 Å². The zero-order chi connectivity index (χ0) is 32.9. The van der Waals surface area contributed by atoms with Crippen LogP contribution < -0.4 is 10.6 Å². The Balaban J connectivity index is 2.64. The second-order valence-corrected chi connectivity index (χ2v) is 16.1. The standard InChI is InChI=1S/C33H63N3O7Si/c1-8-12-13-14-15-16-18-29(19-20-30(38)34-21-17-22-44(40-9-2,41-10-3)42-11-4)43-31(39)35-26-33(7)24-28(36-27-37)23-32(5,6)25-33/h28-29H,8-26H2,1-7H3,(H,34,38)(H,35,39). The molecule has 1 rings (SSSR count). The smallest absolute Gasteiger partial charge is 0.446 e. The van der Waals surface area contributed by atoms with Gasteiger partial charge in [-0.2, -0.15) is 0 Å². The van der Waals surface area contributed by atoms with E-state index in [1.165, 1.54) is 25.7 Å². The number of amides is 2. The van der Waals surface area contributed by atoms with Crippen molar-refractivity contribution in [1.29, 1.82) is 0 Å². The minimum Gasteiger partial charge on any atom is -0.446 e. The Kier molecular flexibility index (Phi) is 20.0. The van der Waals surface area contributed by atoms with Crippen LogP contribution in [0.3, 0.4) is 0 Å². The van der Waals surface area contributed by atoms with Crippen LogP contribution in [0.4, 0.5) is 4.79 Å². The Morgan fingerprint density at radius 3 is 2.14 bits per heavy atom. The van der Waals surface area contributed by atoms with Gasteiger partial charge in [0.25, 0.3) is 0 Å². The van der Waals surface area contributed by atoms with E-state index in [4.69, 9.17) is 18.0 Å². The lowest BCUT2D eigenvalue weighted by Crippen LogP contribution is -2.46. The number of nitrogens with one attached hydrogen (secondary N) is 2. The van der Waals surface area contributed by atoms with Crippen molar-refractivity contribution in [2.75, 3.05) is 32.9 Å². The number of alkyl carbamates (subject to hydrolysis) is 1. The molecule has 2 amide bonds. The molecule has 1 aliphatic carbocycles. The minimum absolute atomic E-state index is 0.00995. The highest BCUT2D eigenvalue weighted by Gasteiger charge is 2.42. The molecule has 2 N–H and O–H groups in total. The summed E-state index contributed by atoms with van der Waals surface area (Å²) in [7, 11) is -2.73. The molecule has 0 aromatic rings. The van der Waals surface area contributed by atoms with Crippen LogP contribution in [0.5, 0.6) is 0 Å². The van der Waals surface area contributed by atoms with Crippen molar-refractivity contribution < 1.29 is 32.4 Å². The van der Waals surface area contributed by atoms with Crippen molar-refractivity contribution in [3.63, 3.8) is 0 Å². The number of hydrogen-bond donors (Lipinski definition) is 2. The van der Waals surface area contributed by atoms with Crippen LogP contribution in [0.15, 0.2) is 4.99 Å². The highest BCUT2D eigenvalue weighted by molar-refractivity contribution is 6.60. The molecule has 1 fully saturated rings. The molecular weight excluding hydrogens is 578 g/mol. The summed E-state index contributed by atoms with van der Waals surface area (Å²) in [6.07, 6.45) is 12.5. The lowest BCUT2D eigenvalue weighted by molar-refractivity contribution is -0.121. The van der Waals surface area contributed by atoms with Crippen LogP contribution in [0.2, 0.25) is 6.04 Å². The Hall–Kier alpha value is -1.78. The first-order chi connectivity index (χ1) is 21.0. The third kappa shape index (κ3) is 17.1. The van der Waals surface area contributed by atoms with E-state index in [2.05, 4.69) is 43.3 Å². The van der Waals surface area contributed by atoms with E-state index in [0.717, 1.165) is 38.5 Å². The molecule has 10 nitrogen and oxygen atoms in total. The van der Waals surface area contributed by atoms with Crippen molar-refractivity contribution in [1.82, 2.24) is 10.6 Å². The van der Waals surface area contributed by atoms with Gasteiger partial charge in [0, 0.05) is 45.4 Å². The van der Waals surface area contributed by atoms with Crippen molar-refractivity contribution in [3.8, 4) is 0 Å². The molecule has 0 aromatic heterocycles.